The molecule has 158 valence electrons. The summed E-state index contributed by atoms with van der Waals surface area (Å²) in [5.74, 6) is -1.75. The molecular weight excluding hydrogens is 388 g/mol. The average Bonchev–Trinajstić information content (AvgIpc) is 3.13. The number of para-hydroxylation sites is 1. The fourth-order valence-corrected chi connectivity index (χ4v) is 3.60. The van der Waals surface area contributed by atoms with Crippen LogP contribution in [0.3, 0.4) is 0 Å². The third kappa shape index (κ3) is 4.60. The first kappa shape index (κ1) is 21.3. The summed E-state index contributed by atoms with van der Waals surface area (Å²) >= 11 is 0. The number of carbonyl (C=O) groups is 1. The van der Waals surface area contributed by atoms with Crippen LogP contribution in [0.15, 0.2) is 30.5 Å². The van der Waals surface area contributed by atoms with Crippen molar-refractivity contribution in [2.75, 3.05) is 19.6 Å². The second-order valence-electron chi connectivity index (χ2n) is 7.81. The molecule has 0 atom stereocenters. The number of likely N-dealkylation sites (tertiary alicyclic amines) is 1. The lowest BCUT2D eigenvalue weighted by molar-refractivity contribution is -0.143. The van der Waals surface area contributed by atoms with Crippen LogP contribution in [0.2, 0.25) is 0 Å². The molecule has 1 aromatic heterocycles. The van der Waals surface area contributed by atoms with Crippen molar-refractivity contribution < 1.29 is 22.4 Å². The van der Waals surface area contributed by atoms with E-state index in [1.807, 2.05) is 13.8 Å². The van der Waals surface area contributed by atoms with Crippen LogP contribution in [0.5, 0.6) is 0 Å². The number of nitrogens with one attached hydrogen (secondary N) is 1. The van der Waals surface area contributed by atoms with Crippen molar-refractivity contribution in [1.82, 2.24) is 20.0 Å². The van der Waals surface area contributed by atoms with Gasteiger partial charge in [-0.05, 0) is 51.9 Å². The quantitative estimate of drug-likeness (QED) is 0.755. The molecule has 1 aromatic carbocycles. The van der Waals surface area contributed by atoms with Crippen LogP contribution < -0.4 is 5.32 Å². The first-order valence-corrected chi connectivity index (χ1v) is 9.54. The van der Waals surface area contributed by atoms with E-state index < -0.39 is 34.7 Å². The van der Waals surface area contributed by atoms with Gasteiger partial charge in [0.15, 0.2) is 5.69 Å². The molecule has 0 aliphatic carbocycles. The molecule has 1 fully saturated rings. The second kappa shape index (κ2) is 8.14. The third-order valence-electron chi connectivity index (χ3n) is 5.26. The highest BCUT2D eigenvalue weighted by Crippen LogP contribution is 2.34. The maximum atomic E-state index is 14.0. The summed E-state index contributed by atoms with van der Waals surface area (Å²) in [5, 5.41) is 6.26. The monoisotopic (exact) mass is 412 g/mol. The summed E-state index contributed by atoms with van der Waals surface area (Å²) < 4.78 is 55.6. The predicted octanol–water partition coefficient (Wildman–Crippen LogP) is 4.02. The van der Waals surface area contributed by atoms with Crippen LogP contribution >= 0.6 is 0 Å². The summed E-state index contributed by atoms with van der Waals surface area (Å²) in [6.07, 6.45) is -0.772. The van der Waals surface area contributed by atoms with Crippen LogP contribution in [-0.2, 0) is 6.18 Å². The lowest BCUT2D eigenvalue weighted by atomic mass is 9.98. The Balaban J connectivity index is 1.85. The van der Waals surface area contributed by atoms with Crippen molar-refractivity contribution in [3.8, 4) is 5.69 Å². The third-order valence-corrected chi connectivity index (χ3v) is 5.26. The van der Waals surface area contributed by atoms with E-state index in [0.717, 1.165) is 44.6 Å². The Bertz CT molecular complexity index is 870. The molecule has 3 rings (SSSR count). The minimum absolute atomic E-state index is 0.189. The smallest absolute Gasteiger partial charge is 0.350 e. The molecule has 2 aromatic rings. The number of hydrogen-bond donors (Lipinski definition) is 1. The van der Waals surface area contributed by atoms with Gasteiger partial charge in [-0.2, -0.15) is 18.3 Å². The molecule has 0 radical (unpaired) electrons. The zero-order chi connectivity index (χ0) is 21.2. The molecule has 9 heteroatoms. The zero-order valence-electron chi connectivity index (χ0n) is 16.4. The van der Waals surface area contributed by atoms with Crippen molar-refractivity contribution in [1.29, 1.82) is 0 Å². The van der Waals surface area contributed by atoms with Crippen LogP contribution in [0.1, 0.15) is 49.2 Å². The Labute approximate surface area is 166 Å². The number of rotatable bonds is 5. The van der Waals surface area contributed by atoms with Gasteiger partial charge in [0.1, 0.15) is 11.5 Å². The largest absolute Gasteiger partial charge is 0.434 e. The molecule has 0 saturated carbocycles. The molecule has 29 heavy (non-hydrogen) atoms. The minimum Gasteiger partial charge on any atom is -0.350 e. The topological polar surface area (TPSA) is 50.2 Å². The summed E-state index contributed by atoms with van der Waals surface area (Å²) in [6.45, 7) is 5.87. The highest BCUT2D eigenvalue weighted by atomic mass is 19.4. The number of nitrogens with zero attached hydrogens (tertiary/aromatic N) is 3. The summed E-state index contributed by atoms with van der Waals surface area (Å²) in [5.41, 5.74) is -2.69. The number of piperidine rings is 1. The van der Waals surface area contributed by atoms with Gasteiger partial charge in [0.05, 0.1) is 11.8 Å². The summed E-state index contributed by atoms with van der Waals surface area (Å²) in [4.78, 5) is 14.8. The van der Waals surface area contributed by atoms with Gasteiger partial charge in [-0.15, -0.1) is 0 Å². The number of halogens is 4. The number of carbonyl (C=O) groups excluding carboxylic acids is 1. The van der Waals surface area contributed by atoms with E-state index in [9.17, 15) is 22.4 Å². The van der Waals surface area contributed by atoms with Gasteiger partial charge in [-0.1, -0.05) is 18.6 Å². The minimum atomic E-state index is -4.88. The number of aromatic nitrogens is 2. The van der Waals surface area contributed by atoms with E-state index in [1.54, 1.807) is 0 Å². The number of amides is 1. The van der Waals surface area contributed by atoms with Crippen molar-refractivity contribution >= 4 is 5.91 Å². The van der Waals surface area contributed by atoms with E-state index in [1.165, 1.54) is 18.2 Å². The fourth-order valence-electron chi connectivity index (χ4n) is 3.60. The van der Waals surface area contributed by atoms with Crippen LogP contribution in [-0.4, -0.2) is 45.8 Å². The van der Waals surface area contributed by atoms with Gasteiger partial charge in [0.2, 0.25) is 0 Å². The van der Waals surface area contributed by atoms with Crippen LogP contribution in [0, 0.1) is 5.82 Å². The molecule has 0 spiro atoms. The molecule has 0 bridgehead atoms. The molecule has 1 saturated heterocycles. The van der Waals surface area contributed by atoms with Gasteiger partial charge >= 0.3 is 6.18 Å². The lowest BCUT2D eigenvalue weighted by Crippen LogP contribution is -2.53. The van der Waals surface area contributed by atoms with E-state index in [2.05, 4.69) is 15.3 Å². The zero-order valence-corrected chi connectivity index (χ0v) is 16.4. The standard InChI is InChI=1S/C20H24F4N4O/c1-19(2,27-10-6-3-7-11-27)13-25-18(29)14-12-26-28(17(14)20(22,23)24)16-9-5-4-8-15(16)21/h4-5,8-9,12H,3,6-7,10-11,13H2,1-2H3,(H,25,29). The molecule has 1 N–H and O–H groups in total. The van der Waals surface area contributed by atoms with Crippen molar-refractivity contribution in [2.45, 2.75) is 44.8 Å². The second-order valence-corrected chi connectivity index (χ2v) is 7.81. The molecule has 2 heterocycles. The molecule has 1 amide bonds. The van der Waals surface area contributed by atoms with Gasteiger partial charge in [-0.3, -0.25) is 9.69 Å². The Morgan fingerprint density at radius 1 is 1.14 bits per heavy atom. The highest BCUT2D eigenvalue weighted by Gasteiger charge is 2.41. The van der Waals surface area contributed by atoms with Crippen molar-refractivity contribution in [3.63, 3.8) is 0 Å². The first-order chi connectivity index (χ1) is 13.6. The number of alkyl halides is 3. The van der Waals surface area contributed by atoms with E-state index in [4.69, 9.17) is 0 Å². The van der Waals surface area contributed by atoms with Gasteiger partial charge in [0, 0.05) is 12.1 Å². The first-order valence-electron chi connectivity index (χ1n) is 9.54. The molecular formula is C20H24F4N4O. The Morgan fingerprint density at radius 3 is 2.41 bits per heavy atom. The molecule has 1 aliphatic rings. The maximum Gasteiger partial charge on any atom is 0.434 e. The Kier molecular flexibility index (Phi) is 5.97. The average molecular weight is 412 g/mol. The Morgan fingerprint density at radius 2 is 1.79 bits per heavy atom. The van der Waals surface area contributed by atoms with Gasteiger partial charge in [-0.25, -0.2) is 9.07 Å². The normalized spacial score (nSPS) is 16.1. The number of hydrogen-bond acceptors (Lipinski definition) is 3. The van der Waals surface area contributed by atoms with Crippen molar-refractivity contribution in [3.05, 3.63) is 47.5 Å². The van der Waals surface area contributed by atoms with Crippen LogP contribution in [0.25, 0.3) is 5.69 Å². The maximum absolute atomic E-state index is 14.0. The molecule has 0 unspecified atom stereocenters. The van der Waals surface area contributed by atoms with E-state index in [-0.39, 0.29) is 12.2 Å². The SMILES string of the molecule is CC(C)(CNC(=O)c1cnn(-c2ccccc2F)c1C(F)(F)F)N1CCCCC1. The fraction of sp³-hybridized carbons (Fsp3) is 0.500. The lowest BCUT2D eigenvalue weighted by Gasteiger charge is -2.41. The number of benzene rings is 1. The summed E-state index contributed by atoms with van der Waals surface area (Å²) in [6, 6.07) is 4.99. The van der Waals surface area contributed by atoms with Crippen molar-refractivity contribution in [2.24, 2.45) is 0 Å². The van der Waals surface area contributed by atoms with E-state index in [0.29, 0.717) is 4.68 Å². The van der Waals surface area contributed by atoms with Crippen LogP contribution in [0.4, 0.5) is 17.6 Å². The molecule has 1 aliphatic heterocycles. The Hall–Kier alpha value is -2.42. The predicted molar refractivity (Wildman–Crippen MR) is 100 cm³/mol. The highest BCUT2D eigenvalue weighted by molar-refractivity contribution is 5.95. The van der Waals surface area contributed by atoms with Gasteiger partial charge < -0.3 is 5.32 Å². The molecule has 5 nitrogen and oxygen atoms in total. The van der Waals surface area contributed by atoms with Gasteiger partial charge in [0.25, 0.3) is 5.91 Å². The van der Waals surface area contributed by atoms with E-state index >= 15 is 0 Å². The summed E-state index contributed by atoms with van der Waals surface area (Å²) in [7, 11) is 0.